The Morgan fingerprint density at radius 3 is 3.00 bits per heavy atom. The molecule has 0 atom stereocenters. The van der Waals surface area contributed by atoms with Crippen LogP contribution in [-0.4, -0.2) is 28.6 Å². The van der Waals surface area contributed by atoms with Gasteiger partial charge in [-0.2, -0.15) is 0 Å². The molecular formula is C15H14N4O3S. The summed E-state index contributed by atoms with van der Waals surface area (Å²) in [6.07, 6.45) is 3.50. The second-order valence-electron chi connectivity index (χ2n) is 4.67. The molecule has 0 aliphatic heterocycles. The average molecular weight is 330 g/mol. The molecule has 3 N–H and O–H groups in total. The molecule has 0 aliphatic carbocycles. The van der Waals surface area contributed by atoms with Crippen LogP contribution in [0.4, 0.5) is 11.4 Å². The number of H-pyrrole nitrogens is 1. The Kier molecular flexibility index (Phi) is 4.24. The molecule has 3 aromatic heterocycles. The highest BCUT2D eigenvalue weighted by Crippen LogP contribution is 2.29. The first-order chi connectivity index (χ1) is 11.1. The van der Waals surface area contributed by atoms with E-state index in [4.69, 9.17) is 4.74 Å². The topological polar surface area (TPSA) is 96.1 Å². The molecule has 7 nitrogen and oxygen atoms in total. The number of ether oxygens (including phenoxy) is 1. The number of esters is 1. The zero-order valence-electron chi connectivity index (χ0n) is 12.3. The van der Waals surface area contributed by atoms with Gasteiger partial charge in [-0.1, -0.05) is 0 Å². The molecule has 0 radical (unpaired) electrons. The van der Waals surface area contributed by atoms with E-state index in [1.165, 1.54) is 18.3 Å². The van der Waals surface area contributed by atoms with Crippen molar-refractivity contribution in [1.82, 2.24) is 15.3 Å². The third-order valence-corrected chi connectivity index (χ3v) is 4.02. The predicted molar refractivity (Wildman–Crippen MR) is 87.8 cm³/mol. The van der Waals surface area contributed by atoms with Crippen molar-refractivity contribution >= 4 is 45.6 Å². The molecule has 0 fully saturated rings. The second-order valence-corrected chi connectivity index (χ2v) is 5.59. The Balaban J connectivity index is 1.77. The molecule has 0 spiro atoms. The molecule has 0 saturated carbocycles. The first-order valence-electron chi connectivity index (χ1n) is 6.83. The number of hydrogen-bond acceptors (Lipinski definition) is 6. The van der Waals surface area contributed by atoms with Crippen LogP contribution in [0.15, 0.2) is 36.0 Å². The Hall–Kier alpha value is -2.87. The summed E-state index contributed by atoms with van der Waals surface area (Å²) in [5, 5.41) is 8.54. The van der Waals surface area contributed by atoms with E-state index in [-0.39, 0.29) is 12.6 Å². The molecule has 1 amide bonds. The molecular weight excluding hydrogens is 316 g/mol. The molecule has 3 rings (SSSR count). The lowest BCUT2D eigenvalue weighted by Gasteiger charge is -2.09. The van der Waals surface area contributed by atoms with E-state index in [1.54, 1.807) is 6.20 Å². The van der Waals surface area contributed by atoms with Gasteiger partial charge in [0.1, 0.15) is 10.5 Å². The van der Waals surface area contributed by atoms with E-state index in [0.29, 0.717) is 10.6 Å². The number of pyridine rings is 1. The number of fused-ring (bicyclic) bond motifs is 1. The highest BCUT2D eigenvalue weighted by molar-refractivity contribution is 7.12. The van der Waals surface area contributed by atoms with E-state index in [1.807, 2.05) is 29.8 Å². The van der Waals surface area contributed by atoms with E-state index in [0.717, 1.165) is 16.7 Å². The van der Waals surface area contributed by atoms with Gasteiger partial charge in [0.25, 0.3) is 5.91 Å². The number of aromatic nitrogens is 2. The summed E-state index contributed by atoms with van der Waals surface area (Å²) >= 11 is 1.30. The van der Waals surface area contributed by atoms with Crippen LogP contribution in [0.3, 0.4) is 0 Å². The predicted octanol–water partition coefficient (Wildman–Crippen LogP) is 2.62. The minimum atomic E-state index is -0.443. The zero-order chi connectivity index (χ0) is 16.2. The standard InChI is InChI=1S/C15H14N4O3S/c1-9(20)22-8-18-15(21)13-12(4-7-23-13)19-11-3-6-17-14-10(11)2-5-16-14/h2-7H,8H2,1H3,(H,18,21)(H2,16,17,19). The summed E-state index contributed by atoms with van der Waals surface area (Å²) in [4.78, 5) is 30.7. The average Bonchev–Trinajstić information content (AvgIpc) is 3.15. The van der Waals surface area contributed by atoms with Crippen molar-refractivity contribution in [3.05, 3.63) is 40.8 Å². The number of nitrogens with zero attached hydrogens (tertiary/aromatic N) is 1. The number of amides is 1. The van der Waals surface area contributed by atoms with Gasteiger partial charge in [-0.25, -0.2) is 4.98 Å². The number of carbonyl (C=O) groups excluding carboxylic acids is 2. The largest absolute Gasteiger partial charge is 0.445 e. The normalized spacial score (nSPS) is 10.5. The second kappa shape index (κ2) is 6.49. The van der Waals surface area contributed by atoms with Crippen LogP contribution in [0.5, 0.6) is 0 Å². The Bertz CT molecular complexity index is 855. The fourth-order valence-electron chi connectivity index (χ4n) is 2.08. The van der Waals surface area contributed by atoms with Gasteiger partial charge in [-0.05, 0) is 23.6 Å². The third-order valence-electron chi connectivity index (χ3n) is 3.11. The summed E-state index contributed by atoms with van der Waals surface area (Å²) in [7, 11) is 0. The maximum absolute atomic E-state index is 12.2. The van der Waals surface area contributed by atoms with Crippen molar-refractivity contribution in [1.29, 1.82) is 0 Å². The summed E-state index contributed by atoms with van der Waals surface area (Å²) in [6.45, 7) is 1.14. The Labute approximate surface area is 135 Å². The van der Waals surface area contributed by atoms with Crippen molar-refractivity contribution in [3.8, 4) is 0 Å². The summed E-state index contributed by atoms with van der Waals surface area (Å²) in [6, 6.07) is 5.58. The number of rotatable bonds is 5. The summed E-state index contributed by atoms with van der Waals surface area (Å²) in [5.74, 6) is -0.746. The Morgan fingerprint density at radius 2 is 2.17 bits per heavy atom. The van der Waals surface area contributed by atoms with Crippen molar-refractivity contribution in [2.75, 3.05) is 12.0 Å². The van der Waals surface area contributed by atoms with Crippen molar-refractivity contribution < 1.29 is 14.3 Å². The van der Waals surface area contributed by atoms with Gasteiger partial charge in [0.2, 0.25) is 0 Å². The van der Waals surface area contributed by atoms with Gasteiger partial charge in [-0.15, -0.1) is 11.3 Å². The fraction of sp³-hybridized carbons (Fsp3) is 0.133. The third kappa shape index (κ3) is 3.32. The monoisotopic (exact) mass is 330 g/mol. The molecule has 3 heterocycles. The maximum atomic E-state index is 12.2. The first kappa shape index (κ1) is 15.0. The Morgan fingerprint density at radius 1 is 1.30 bits per heavy atom. The highest BCUT2D eigenvalue weighted by Gasteiger charge is 2.14. The lowest BCUT2D eigenvalue weighted by Crippen LogP contribution is -2.26. The van der Waals surface area contributed by atoms with Crippen LogP contribution in [0.1, 0.15) is 16.6 Å². The minimum absolute atomic E-state index is 0.150. The molecule has 0 unspecified atom stereocenters. The fourth-order valence-corrected chi connectivity index (χ4v) is 2.85. The van der Waals surface area contributed by atoms with Crippen LogP contribution >= 0.6 is 11.3 Å². The lowest BCUT2D eigenvalue weighted by molar-refractivity contribution is -0.141. The van der Waals surface area contributed by atoms with Gasteiger partial charge in [0.15, 0.2) is 6.73 Å². The van der Waals surface area contributed by atoms with Gasteiger partial charge in [0.05, 0.1) is 11.4 Å². The number of thiophene rings is 1. The number of nitrogens with one attached hydrogen (secondary N) is 3. The van der Waals surface area contributed by atoms with Crippen LogP contribution in [0.25, 0.3) is 11.0 Å². The molecule has 3 aromatic rings. The SMILES string of the molecule is CC(=O)OCNC(=O)c1sccc1Nc1ccnc2[nH]ccc12. The molecule has 118 valence electrons. The molecule has 8 heteroatoms. The number of hydrogen-bond donors (Lipinski definition) is 3. The molecule has 0 aliphatic rings. The van der Waals surface area contributed by atoms with Crippen LogP contribution in [0, 0.1) is 0 Å². The molecule has 23 heavy (non-hydrogen) atoms. The zero-order valence-corrected chi connectivity index (χ0v) is 13.1. The molecule has 0 aromatic carbocycles. The lowest BCUT2D eigenvalue weighted by atomic mass is 10.2. The van der Waals surface area contributed by atoms with Gasteiger partial charge >= 0.3 is 5.97 Å². The number of aromatic amines is 1. The van der Waals surface area contributed by atoms with Gasteiger partial charge < -0.3 is 20.4 Å². The van der Waals surface area contributed by atoms with Gasteiger partial charge in [0, 0.05) is 24.7 Å². The molecule has 0 bridgehead atoms. The smallest absolute Gasteiger partial charge is 0.304 e. The van der Waals surface area contributed by atoms with Crippen molar-refractivity contribution in [2.24, 2.45) is 0 Å². The van der Waals surface area contributed by atoms with Gasteiger partial charge in [-0.3, -0.25) is 9.59 Å². The van der Waals surface area contributed by atoms with E-state index in [2.05, 4.69) is 20.6 Å². The van der Waals surface area contributed by atoms with E-state index < -0.39 is 5.97 Å². The summed E-state index contributed by atoms with van der Waals surface area (Å²) < 4.78 is 4.72. The quantitative estimate of drug-likeness (QED) is 0.494. The van der Waals surface area contributed by atoms with Crippen LogP contribution in [0.2, 0.25) is 0 Å². The van der Waals surface area contributed by atoms with E-state index >= 15 is 0 Å². The maximum Gasteiger partial charge on any atom is 0.304 e. The highest BCUT2D eigenvalue weighted by atomic mass is 32.1. The molecule has 0 saturated heterocycles. The summed E-state index contributed by atoms with van der Waals surface area (Å²) in [5.41, 5.74) is 2.30. The number of carbonyl (C=O) groups is 2. The van der Waals surface area contributed by atoms with Crippen LogP contribution < -0.4 is 10.6 Å². The number of anilines is 2. The van der Waals surface area contributed by atoms with E-state index in [9.17, 15) is 9.59 Å². The van der Waals surface area contributed by atoms with Crippen molar-refractivity contribution in [3.63, 3.8) is 0 Å². The minimum Gasteiger partial charge on any atom is -0.445 e. The first-order valence-corrected chi connectivity index (χ1v) is 7.71. The van der Waals surface area contributed by atoms with Crippen LogP contribution in [-0.2, 0) is 9.53 Å². The van der Waals surface area contributed by atoms with Crippen molar-refractivity contribution in [2.45, 2.75) is 6.92 Å².